The third-order valence-corrected chi connectivity index (χ3v) is 1.85. The van der Waals surface area contributed by atoms with Gasteiger partial charge in [-0.15, -0.1) is 0 Å². The molecule has 0 bridgehead atoms. The molecule has 0 aliphatic carbocycles. The lowest BCUT2D eigenvalue weighted by atomic mass is 10.2. The standard InChI is InChI=1S/C11H10N2/c1-2-3-9-4-5-10-11(8-9)13-7-6-12-10/h2-8H,1H3/b3-2+. The van der Waals surface area contributed by atoms with Gasteiger partial charge < -0.3 is 0 Å². The van der Waals surface area contributed by atoms with E-state index in [1.165, 1.54) is 0 Å². The van der Waals surface area contributed by atoms with Gasteiger partial charge in [0.1, 0.15) is 0 Å². The molecule has 1 heterocycles. The Morgan fingerprint density at radius 3 is 2.62 bits per heavy atom. The summed E-state index contributed by atoms with van der Waals surface area (Å²) in [5.74, 6) is 0. The van der Waals surface area contributed by atoms with Crippen LogP contribution in [0.4, 0.5) is 0 Å². The summed E-state index contributed by atoms with van der Waals surface area (Å²) in [5.41, 5.74) is 3.05. The maximum Gasteiger partial charge on any atom is 0.0892 e. The van der Waals surface area contributed by atoms with E-state index >= 15 is 0 Å². The highest BCUT2D eigenvalue weighted by molar-refractivity contribution is 5.76. The molecule has 0 unspecified atom stereocenters. The monoisotopic (exact) mass is 170 g/mol. The first-order valence-corrected chi connectivity index (χ1v) is 4.23. The molecule has 0 fully saturated rings. The summed E-state index contributed by atoms with van der Waals surface area (Å²) in [6, 6.07) is 6.05. The summed E-state index contributed by atoms with van der Waals surface area (Å²) in [7, 11) is 0. The molecule has 13 heavy (non-hydrogen) atoms. The number of hydrogen-bond donors (Lipinski definition) is 0. The van der Waals surface area contributed by atoms with Crippen LogP contribution in [0.2, 0.25) is 0 Å². The largest absolute Gasteiger partial charge is 0.253 e. The Hall–Kier alpha value is -1.70. The van der Waals surface area contributed by atoms with Crippen LogP contribution in [0.15, 0.2) is 36.7 Å². The van der Waals surface area contributed by atoms with Gasteiger partial charge in [0.25, 0.3) is 0 Å². The molecule has 2 heteroatoms. The molecule has 0 saturated carbocycles. The van der Waals surface area contributed by atoms with Crippen molar-refractivity contribution in [3.8, 4) is 0 Å². The molecule has 0 N–H and O–H groups in total. The molecule has 2 nitrogen and oxygen atoms in total. The summed E-state index contributed by atoms with van der Waals surface area (Å²) in [6.07, 6.45) is 7.48. The van der Waals surface area contributed by atoms with Gasteiger partial charge in [-0.25, -0.2) is 0 Å². The van der Waals surface area contributed by atoms with Crippen LogP contribution >= 0.6 is 0 Å². The molecule has 1 aromatic heterocycles. The first-order valence-electron chi connectivity index (χ1n) is 4.23. The Kier molecular flexibility index (Phi) is 2.04. The van der Waals surface area contributed by atoms with Crippen molar-refractivity contribution in [3.05, 3.63) is 42.2 Å². The lowest BCUT2D eigenvalue weighted by Crippen LogP contribution is -1.82. The number of nitrogens with zero attached hydrogens (tertiary/aromatic N) is 2. The molecule has 64 valence electrons. The second-order valence-electron chi connectivity index (χ2n) is 2.80. The molecule has 0 amide bonds. The van der Waals surface area contributed by atoms with Crippen molar-refractivity contribution in [1.82, 2.24) is 9.97 Å². The minimum Gasteiger partial charge on any atom is -0.253 e. The van der Waals surface area contributed by atoms with Crippen LogP contribution in [-0.4, -0.2) is 9.97 Å². The molecule has 0 spiro atoms. The molecular formula is C11H10N2. The van der Waals surface area contributed by atoms with Crippen LogP contribution in [-0.2, 0) is 0 Å². The van der Waals surface area contributed by atoms with Crippen LogP contribution in [0.1, 0.15) is 12.5 Å². The molecule has 0 aliphatic heterocycles. The van der Waals surface area contributed by atoms with Gasteiger partial charge in [0, 0.05) is 12.4 Å². The van der Waals surface area contributed by atoms with Gasteiger partial charge in [-0.2, -0.15) is 0 Å². The Labute approximate surface area is 77.0 Å². The predicted molar refractivity (Wildman–Crippen MR) is 54.2 cm³/mol. The molecule has 2 aromatic rings. The van der Waals surface area contributed by atoms with E-state index in [0.29, 0.717) is 0 Å². The first kappa shape index (κ1) is 7.92. The van der Waals surface area contributed by atoms with Gasteiger partial charge in [0.2, 0.25) is 0 Å². The molecule has 0 saturated heterocycles. The molecular weight excluding hydrogens is 160 g/mol. The van der Waals surface area contributed by atoms with Crippen molar-refractivity contribution in [3.63, 3.8) is 0 Å². The van der Waals surface area contributed by atoms with Gasteiger partial charge in [-0.3, -0.25) is 9.97 Å². The zero-order valence-electron chi connectivity index (χ0n) is 7.44. The zero-order valence-corrected chi connectivity index (χ0v) is 7.44. The highest BCUT2D eigenvalue weighted by Gasteiger charge is 1.94. The fourth-order valence-electron chi connectivity index (χ4n) is 1.28. The van der Waals surface area contributed by atoms with Crippen molar-refractivity contribution < 1.29 is 0 Å². The van der Waals surface area contributed by atoms with Crippen molar-refractivity contribution in [2.24, 2.45) is 0 Å². The summed E-state index contributed by atoms with van der Waals surface area (Å²) in [6.45, 7) is 2.00. The number of allylic oxidation sites excluding steroid dienone is 1. The van der Waals surface area contributed by atoms with E-state index in [2.05, 4.69) is 9.97 Å². The van der Waals surface area contributed by atoms with Crippen molar-refractivity contribution >= 4 is 17.1 Å². The van der Waals surface area contributed by atoms with E-state index in [1.807, 2.05) is 37.3 Å². The maximum atomic E-state index is 4.23. The van der Waals surface area contributed by atoms with E-state index in [9.17, 15) is 0 Å². The number of fused-ring (bicyclic) bond motifs is 1. The van der Waals surface area contributed by atoms with Crippen molar-refractivity contribution in [2.45, 2.75) is 6.92 Å². The summed E-state index contributed by atoms with van der Waals surface area (Å²) in [4.78, 5) is 8.42. The van der Waals surface area contributed by atoms with Crippen molar-refractivity contribution in [2.75, 3.05) is 0 Å². The van der Waals surface area contributed by atoms with Crippen LogP contribution < -0.4 is 0 Å². The van der Waals surface area contributed by atoms with Gasteiger partial charge in [-0.1, -0.05) is 18.2 Å². The van der Waals surface area contributed by atoms with Gasteiger partial charge in [0.05, 0.1) is 11.0 Å². The summed E-state index contributed by atoms with van der Waals surface area (Å²) >= 11 is 0. The zero-order chi connectivity index (χ0) is 9.10. The third-order valence-electron chi connectivity index (χ3n) is 1.85. The molecule has 2 rings (SSSR count). The fraction of sp³-hybridized carbons (Fsp3) is 0.0909. The average Bonchev–Trinajstić information content (AvgIpc) is 2.18. The second kappa shape index (κ2) is 3.35. The Balaban J connectivity index is 2.62. The quantitative estimate of drug-likeness (QED) is 0.657. The minimum absolute atomic E-state index is 0.941. The molecule has 0 atom stereocenters. The number of aromatic nitrogens is 2. The SMILES string of the molecule is C/C=C/c1ccc2nccnc2c1. The summed E-state index contributed by atoms with van der Waals surface area (Å²) in [5, 5.41) is 0. The summed E-state index contributed by atoms with van der Waals surface area (Å²) < 4.78 is 0. The highest BCUT2D eigenvalue weighted by atomic mass is 14.8. The van der Waals surface area contributed by atoms with Crippen LogP contribution in [0, 0.1) is 0 Å². The van der Waals surface area contributed by atoms with E-state index in [1.54, 1.807) is 12.4 Å². The maximum absolute atomic E-state index is 4.23. The number of benzene rings is 1. The van der Waals surface area contributed by atoms with Gasteiger partial charge >= 0.3 is 0 Å². The number of hydrogen-bond acceptors (Lipinski definition) is 2. The van der Waals surface area contributed by atoms with Gasteiger partial charge in [-0.05, 0) is 24.6 Å². The Bertz CT molecular complexity index is 447. The lowest BCUT2D eigenvalue weighted by Gasteiger charge is -1.96. The van der Waals surface area contributed by atoms with Crippen LogP contribution in [0.3, 0.4) is 0 Å². The number of rotatable bonds is 1. The normalized spacial score (nSPS) is 11.2. The minimum atomic E-state index is 0.941. The molecule has 0 aliphatic rings. The van der Waals surface area contributed by atoms with Crippen LogP contribution in [0.25, 0.3) is 17.1 Å². The highest BCUT2D eigenvalue weighted by Crippen LogP contribution is 2.11. The van der Waals surface area contributed by atoms with E-state index < -0.39 is 0 Å². The van der Waals surface area contributed by atoms with E-state index in [4.69, 9.17) is 0 Å². The second-order valence-corrected chi connectivity index (χ2v) is 2.80. The predicted octanol–water partition coefficient (Wildman–Crippen LogP) is 2.66. The Morgan fingerprint density at radius 1 is 1.08 bits per heavy atom. The smallest absolute Gasteiger partial charge is 0.0892 e. The Morgan fingerprint density at radius 2 is 1.85 bits per heavy atom. The van der Waals surface area contributed by atoms with Gasteiger partial charge in [0.15, 0.2) is 0 Å². The third kappa shape index (κ3) is 1.56. The lowest BCUT2D eigenvalue weighted by molar-refractivity contribution is 1.29. The van der Waals surface area contributed by atoms with Crippen LogP contribution in [0.5, 0.6) is 0 Å². The first-order chi connectivity index (χ1) is 6.40. The fourth-order valence-corrected chi connectivity index (χ4v) is 1.28. The average molecular weight is 170 g/mol. The topological polar surface area (TPSA) is 25.8 Å². The van der Waals surface area contributed by atoms with E-state index in [-0.39, 0.29) is 0 Å². The molecule has 0 radical (unpaired) electrons. The van der Waals surface area contributed by atoms with Crippen molar-refractivity contribution in [1.29, 1.82) is 0 Å². The molecule has 1 aromatic carbocycles. The van der Waals surface area contributed by atoms with E-state index in [0.717, 1.165) is 16.6 Å².